The van der Waals surface area contributed by atoms with Crippen LogP contribution in [0.25, 0.3) is 0 Å². The van der Waals surface area contributed by atoms with E-state index in [2.05, 4.69) is 5.32 Å². The van der Waals surface area contributed by atoms with E-state index in [0.717, 1.165) is 12.0 Å². The second-order valence-corrected chi connectivity index (χ2v) is 6.33. The average Bonchev–Trinajstić information content (AvgIpc) is 2.55. The maximum Gasteiger partial charge on any atom is 0.326 e. The fourth-order valence-corrected chi connectivity index (χ4v) is 2.97. The SMILES string of the molecule is CC1CCN(C(=O)CCNC(=O)Cc2ccccc2)C(C(=O)O)C1. The molecule has 0 bridgehead atoms. The zero-order chi connectivity index (χ0) is 17.5. The highest BCUT2D eigenvalue weighted by Gasteiger charge is 2.34. The molecule has 0 radical (unpaired) electrons. The number of likely N-dealkylation sites (tertiary alicyclic amines) is 1. The quantitative estimate of drug-likeness (QED) is 0.825. The van der Waals surface area contributed by atoms with E-state index in [1.807, 2.05) is 37.3 Å². The van der Waals surface area contributed by atoms with E-state index >= 15 is 0 Å². The molecule has 2 amide bonds. The molecule has 1 aliphatic rings. The molecule has 6 heteroatoms. The van der Waals surface area contributed by atoms with Crippen LogP contribution in [0.2, 0.25) is 0 Å². The van der Waals surface area contributed by atoms with Gasteiger partial charge in [0.2, 0.25) is 11.8 Å². The van der Waals surface area contributed by atoms with Gasteiger partial charge in [-0.2, -0.15) is 0 Å². The summed E-state index contributed by atoms with van der Waals surface area (Å²) in [6, 6.07) is 8.62. The summed E-state index contributed by atoms with van der Waals surface area (Å²) < 4.78 is 0. The average molecular weight is 332 g/mol. The van der Waals surface area contributed by atoms with E-state index < -0.39 is 12.0 Å². The molecule has 130 valence electrons. The molecule has 2 unspecified atom stereocenters. The Morgan fingerprint density at radius 3 is 2.62 bits per heavy atom. The number of hydrogen-bond donors (Lipinski definition) is 2. The molecule has 24 heavy (non-hydrogen) atoms. The molecule has 0 aromatic heterocycles. The molecule has 6 nitrogen and oxygen atoms in total. The van der Waals surface area contributed by atoms with Crippen molar-refractivity contribution in [2.24, 2.45) is 5.92 Å². The van der Waals surface area contributed by atoms with Crippen molar-refractivity contribution in [3.05, 3.63) is 35.9 Å². The highest BCUT2D eigenvalue weighted by Crippen LogP contribution is 2.23. The van der Waals surface area contributed by atoms with Crippen molar-refractivity contribution in [2.75, 3.05) is 13.1 Å². The van der Waals surface area contributed by atoms with E-state index in [1.54, 1.807) is 0 Å². The molecule has 1 aromatic rings. The lowest BCUT2D eigenvalue weighted by Crippen LogP contribution is -2.50. The van der Waals surface area contributed by atoms with E-state index in [1.165, 1.54) is 4.90 Å². The first-order chi connectivity index (χ1) is 11.5. The summed E-state index contributed by atoms with van der Waals surface area (Å²) in [5.74, 6) is -1.01. The Morgan fingerprint density at radius 1 is 1.25 bits per heavy atom. The first-order valence-electron chi connectivity index (χ1n) is 8.30. The molecule has 0 spiro atoms. The number of benzene rings is 1. The maximum absolute atomic E-state index is 12.3. The predicted octanol–water partition coefficient (Wildman–Crippen LogP) is 1.45. The van der Waals surface area contributed by atoms with Crippen LogP contribution in [-0.4, -0.2) is 46.9 Å². The van der Waals surface area contributed by atoms with Gasteiger partial charge in [-0.3, -0.25) is 9.59 Å². The molecule has 1 fully saturated rings. The Balaban J connectivity index is 1.78. The first-order valence-corrected chi connectivity index (χ1v) is 8.30. The van der Waals surface area contributed by atoms with Crippen LogP contribution in [0, 0.1) is 5.92 Å². The molecule has 2 atom stereocenters. The van der Waals surface area contributed by atoms with E-state index in [-0.39, 0.29) is 31.2 Å². The summed E-state index contributed by atoms with van der Waals surface area (Å²) in [4.78, 5) is 36.9. The third kappa shape index (κ3) is 5.08. The van der Waals surface area contributed by atoms with Gasteiger partial charge < -0.3 is 15.3 Å². The molecule has 2 N–H and O–H groups in total. The minimum atomic E-state index is -0.956. The van der Waals surface area contributed by atoms with Gasteiger partial charge >= 0.3 is 5.97 Å². The number of hydrogen-bond acceptors (Lipinski definition) is 3. The summed E-state index contributed by atoms with van der Waals surface area (Å²) >= 11 is 0. The van der Waals surface area contributed by atoms with Gasteiger partial charge in [-0.15, -0.1) is 0 Å². The van der Waals surface area contributed by atoms with Gasteiger partial charge in [0.05, 0.1) is 6.42 Å². The fraction of sp³-hybridized carbons (Fsp3) is 0.500. The van der Waals surface area contributed by atoms with Gasteiger partial charge in [0.1, 0.15) is 6.04 Å². The molecule has 2 rings (SSSR count). The predicted molar refractivity (Wildman–Crippen MR) is 89.3 cm³/mol. The fourth-order valence-electron chi connectivity index (χ4n) is 2.97. The van der Waals surface area contributed by atoms with Crippen LogP contribution < -0.4 is 5.32 Å². The molecule has 1 aromatic carbocycles. The second-order valence-electron chi connectivity index (χ2n) is 6.33. The van der Waals surface area contributed by atoms with Crippen LogP contribution in [0.3, 0.4) is 0 Å². The number of nitrogens with one attached hydrogen (secondary N) is 1. The summed E-state index contributed by atoms with van der Waals surface area (Å²) in [5.41, 5.74) is 0.914. The minimum Gasteiger partial charge on any atom is -0.480 e. The van der Waals surface area contributed by atoms with Crippen LogP contribution in [0.1, 0.15) is 31.7 Å². The highest BCUT2D eigenvalue weighted by atomic mass is 16.4. The largest absolute Gasteiger partial charge is 0.480 e. The topological polar surface area (TPSA) is 86.7 Å². The standard InChI is InChI=1S/C18H24N2O4/c1-13-8-10-20(15(11-13)18(23)24)17(22)7-9-19-16(21)12-14-5-3-2-4-6-14/h2-6,13,15H,7-12H2,1H3,(H,19,21)(H,23,24). The van der Waals surface area contributed by atoms with Crippen molar-refractivity contribution in [2.45, 2.75) is 38.6 Å². The van der Waals surface area contributed by atoms with Crippen LogP contribution in [-0.2, 0) is 20.8 Å². The molecular weight excluding hydrogens is 308 g/mol. The Hall–Kier alpha value is -2.37. The van der Waals surface area contributed by atoms with Crippen molar-refractivity contribution in [1.82, 2.24) is 10.2 Å². The summed E-state index contributed by atoms with van der Waals surface area (Å²) in [6.45, 7) is 2.69. The lowest BCUT2D eigenvalue weighted by Gasteiger charge is -2.36. The Kier molecular flexibility index (Phi) is 6.35. The second kappa shape index (κ2) is 8.47. The Labute approximate surface area is 141 Å². The van der Waals surface area contributed by atoms with Crippen LogP contribution in [0.4, 0.5) is 0 Å². The Bertz CT molecular complexity index is 588. The van der Waals surface area contributed by atoms with Crippen LogP contribution in [0.15, 0.2) is 30.3 Å². The number of piperidine rings is 1. The number of carbonyl (C=O) groups excluding carboxylic acids is 2. The summed E-state index contributed by atoms with van der Waals surface area (Å²) in [6.07, 6.45) is 1.70. The molecule has 1 aliphatic heterocycles. The van der Waals surface area contributed by atoms with Gasteiger partial charge in [-0.1, -0.05) is 37.3 Å². The number of aliphatic carboxylic acids is 1. The van der Waals surface area contributed by atoms with E-state index in [9.17, 15) is 19.5 Å². The van der Waals surface area contributed by atoms with Gasteiger partial charge in [0, 0.05) is 19.5 Å². The van der Waals surface area contributed by atoms with Gasteiger partial charge in [0.25, 0.3) is 0 Å². The first kappa shape index (κ1) is 18.0. The lowest BCUT2D eigenvalue weighted by atomic mass is 9.92. The van der Waals surface area contributed by atoms with Crippen LogP contribution in [0.5, 0.6) is 0 Å². The normalized spacial score (nSPS) is 20.5. The smallest absolute Gasteiger partial charge is 0.326 e. The third-order valence-electron chi connectivity index (χ3n) is 4.34. The number of rotatable bonds is 6. The van der Waals surface area contributed by atoms with Gasteiger partial charge in [-0.25, -0.2) is 4.79 Å². The van der Waals surface area contributed by atoms with Gasteiger partial charge in [-0.05, 0) is 24.3 Å². The number of amides is 2. The van der Waals surface area contributed by atoms with Crippen molar-refractivity contribution >= 4 is 17.8 Å². The number of carboxylic acids is 1. The third-order valence-corrected chi connectivity index (χ3v) is 4.34. The Morgan fingerprint density at radius 2 is 1.96 bits per heavy atom. The number of nitrogens with zero attached hydrogens (tertiary/aromatic N) is 1. The minimum absolute atomic E-state index is 0.124. The van der Waals surface area contributed by atoms with Crippen molar-refractivity contribution in [1.29, 1.82) is 0 Å². The highest BCUT2D eigenvalue weighted by molar-refractivity contribution is 5.84. The van der Waals surface area contributed by atoms with E-state index in [0.29, 0.717) is 18.9 Å². The molecule has 0 aliphatic carbocycles. The molecule has 1 heterocycles. The summed E-state index contributed by atoms with van der Waals surface area (Å²) in [7, 11) is 0. The maximum atomic E-state index is 12.3. The number of carboxylic acid groups (broad SMARTS) is 1. The summed E-state index contributed by atoms with van der Waals surface area (Å²) in [5, 5.41) is 12.0. The van der Waals surface area contributed by atoms with E-state index in [4.69, 9.17) is 0 Å². The van der Waals surface area contributed by atoms with Crippen molar-refractivity contribution < 1.29 is 19.5 Å². The zero-order valence-corrected chi connectivity index (χ0v) is 13.9. The van der Waals surface area contributed by atoms with Crippen LogP contribution >= 0.6 is 0 Å². The molecular formula is C18H24N2O4. The number of carbonyl (C=O) groups is 3. The molecule has 1 saturated heterocycles. The monoisotopic (exact) mass is 332 g/mol. The van der Waals surface area contributed by atoms with Crippen molar-refractivity contribution in [3.63, 3.8) is 0 Å². The van der Waals surface area contributed by atoms with Crippen molar-refractivity contribution in [3.8, 4) is 0 Å². The lowest BCUT2D eigenvalue weighted by molar-refractivity contribution is -0.153. The van der Waals surface area contributed by atoms with Gasteiger partial charge in [0.15, 0.2) is 0 Å². The zero-order valence-electron chi connectivity index (χ0n) is 13.9. The molecule has 0 saturated carbocycles.